The molecular weight excluding hydrogens is 393 g/mol. The summed E-state index contributed by atoms with van der Waals surface area (Å²) in [4.78, 5) is 11.1. The van der Waals surface area contributed by atoms with Crippen LogP contribution in [0.4, 0.5) is 4.39 Å². The van der Waals surface area contributed by atoms with Gasteiger partial charge in [-0.25, -0.2) is 4.39 Å². The van der Waals surface area contributed by atoms with Gasteiger partial charge >= 0.3 is 5.97 Å². The maximum absolute atomic E-state index is 14.3. The lowest BCUT2D eigenvalue weighted by Crippen LogP contribution is -2.39. The quantitative estimate of drug-likeness (QED) is 0.458. The van der Waals surface area contributed by atoms with Crippen molar-refractivity contribution in [2.45, 2.75) is 26.4 Å². The molecule has 1 atom stereocenters. The van der Waals surface area contributed by atoms with E-state index >= 15 is 0 Å². The van der Waals surface area contributed by atoms with Gasteiger partial charge in [0.2, 0.25) is 0 Å². The van der Waals surface area contributed by atoms with Gasteiger partial charge in [-0.2, -0.15) is 0 Å². The molecule has 0 heterocycles. The number of hydrogen-bond acceptors (Lipinski definition) is 3. The second-order valence-corrected chi connectivity index (χ2v) is 7.48. The largest absolute Gasteiger partial charge is 0.480 e. The first-order chi connectivity index (χ1) is 14.9. The first-order valence-electron chi connectivity index (χ1n) is 10.1. The van der Waals surface area contributed by atoms with Crippen molar-refractivity contribution in [2.24, 2.45) is 0 Å². The number of aliphatic hydroxyl groups is 1. The standard InChI is InChI=1S/C26H26FNO3/c1-17-10-11-19(15-28-25(16-29)26(30)31)14-21(17)13-12-20-6-5-8-22(18(20)2)23-7-3-4-9-24(23)27/h3-14,25,28-29H,15-16H2,1-2H3,(H,30,31)/b13-12+. The number of nitrogens with one attached hydrogen (secondary N) is 1. The van der Waals surface area contributed by atoms with Crippen LogP contribution in [0.5, 0.6) is 0 Å². The van der Waals surface area contributed by atoms with E-state index in [0.717, 1.165) is 33.4 Å². The van der Waals surface area contributed by atoms with Gasteiger partial charge in [0.25, 0.3) is 0 Å². The molecule has 1 unspecified atom stereocenters. The first kappa shape index (κ1) is 22.4. The predicted octanol–water partition coefficient (Wildman–Crippen LogP) is 4.82. The van der Waals surface area contributed by atoms with Crippen LogP contribution >= 0.6 is 0 Å². The third-order valence-electron chi connectivity index (χ3n) is 5.36. The Bertz CT molecular complexity index is 1110. The van der Waals surface area contributed by atoms with Gasteiger partial charge in [-0.15, -0.1) is 0 Å². The number of carboxylic acids is 1. The third kappa shape index (κ3) is 5.45. The fraction of sp³-hybridized carbons (Fsp3) is 0.192. The van der Waals surface area contributed by atoms with Crippen LogP contribution in [-0.4, -0.2) is 28.8 Å². The summed E-state index contributed by atoms with van der Waals surface area (Å²) in [6.07, 6.45) is 4.01. The Morgan fingerprint density at radius 1 is 1.00 bits per heavy atom. The summed E-state index contributed by atoms with van der Waals surface area (Å²) in [7, 11) is 0. The molecule has 0 aliphatic heterocycles. The number of benzene rings is 3. The van der Waals surface area contributed by atoms with Crippen LogP contribution in [-0.2, 0) is 11.3 Å². The van der Waals surface area contributed by atoms with Crippen molar-refractivity contribution >= 4 is 18.1 Å². The molecule has 3 N–H and O–H groups in total. The zero-order chi connectivity index (χ0) is 22.4. The van der Waals surface area contributed by atoms with Crippen molar-refractivity contribution in [1.29, 1.82) is 0 Å². The Balaban J connectivity index is 1.84. The molecule has 0 aliphatic rings. The minimum atomic E-state index is -1.08. The van der Waals surface area contributed by atoms with Crippen LogP contribution in [0.15, 0.2) is 60.7 Å². The van der Waals surface area contributed by atoms with Gasteiger partial charge in [0.05, 0.1) is 6.61 Å². The average Bonchev–Trinajstić information content (AvgIpc) is 2.75. The van der Waals surface area contributed by atoms with Crippen molar-refractivity contribution in [3.63, 3.8) is 0 Å². The zero-order valence-electron chi connectivity index (χ0n) is 17.6. The van der Waals surface area contributed by atoms with Crippen molar-refractivity contribution < 1.29 is 19.4 Å². The molecule has 0 radical (unpaired) electrons. The Morgan fingerprint density at radius 2 is 1.71 bits per heavy atom. The van der Waals surface area contributed by atoms with Crippen LogP contribution in [0.25, 0.3) is 23.3 Å². The van der Waals surface area contributed by atoms with E-state index < -0.39 is 18.6 Å². The van der Waals surface area contributed by atoms with Crippen LogP contribution in [0, 0.1) is 19.7 Å². The highest BCUT2D eigenvalue weighted by molar-refractivity contribution is 5.78. The first-order valence-corrected chi connectivity index (χ1v) is 10.1. The summed E-state index contributed by atoms with van der Waals surface area (Å²) in [6.45, 7) is 3.86. The van der Waals surface area contributed by atoms with Crippen molar-refractivity contribution in [3.05, 3.63) is 94.3 Å². The molecule has 160 valence electrons. The molecule has 0 saturated carbocycles. The fourth-order valence-electron chi connectivity index (χ4n) is 3.44. The Hall–Kier alpha value is -3.28. The van der Waals surface area contributed by atoms with E-state index in [1.807, 2.05) is 68.5 Å². The van der Waals surface area contributed by atoms with Gasteiger partial charge in [0.15, 0.2) is 0 Å². The molecule has 0 spiro atoms. The molecule has 4 nitrogen and oxygen atoms in total. The van der Waals surface area contributed by atoms with Gasteiger partial charge < -0.3 is 10.2 Å². The lowest BCUT2D eigenvalue weighted by molar-refractivity contribution is -0.140. The van der Waals surface area contributed by atoms with Crippen LogP contribution < -0.4 is 5.32 Å². The average molecular weight is 419 g/mol. The molecule has 3 aromatic rings. The minimum Gasteiger partial charge on any atom is -0.480 e. The zero-order valence-corrected chi connectivity index (χ0v) is 17.6. The van der Waals surface area contributed by atoms with Gasteiger partial charge in [-0.05, 0) is 53.3 Å². The number of halogens is 1. The number of aliphatic hydroxyl groups excluding tert-OH is 1. The Labute approximate surface area is 181 Å². The maximum atomic E-state index is 14.3. The number of carbonyl (C=O) groups is 1. The summed E-state index contributed by atoms with van der Waals surface area (Å²) in [5, 5.41) is 21.0. The van der Waals surface area contributed by atoms with Gasteiger partial charge in [0, 0.05) is 12.1 Å². The number of aryl methyl sites for hydroxylation is 1. The SMILES string of the molecule is Cc1ccc(CNC(CO)C(=O)O)cc1/C=C/c1cccc(-c2ccccc2F)c1C. The highest BCUT2D eigenvalue weighted by Gasteiger charge is 2.15. The number of carboxylic acid groups (broad SMARTS) is 1. The molecule has 0 saturated heterocycles. The lowest BCUT2D eigenvalue weighted by atomic mass is 9.95. The molecule has 0 bridgehead atoms. The molecule has 0 fully saturated rings. The molecule has 0 amide bonds. The third-order valence-corrected chi connectivity index (χ3v) is 5.36. The highest BCUT2D eigenvalue weighted by atomic mass is 19.1. The summed E-state index contributed by atoms with van der Waals surface area (Å²) in [5.41, 5.74) is 6.43. The number of rotatable bonds is 8. The van der Waals surface area contributed by atoms with E-state index in [0.29, 0.717) is 12.1 Å². The normalized spacial score (nSPS) is 12.3. The molecular formula is C26H26FNO3. The molecule has 0 aromatic heterocycles. The monoisotopic (exact) mass is 419 g/mol. The van der Waals surface area contributed by atoms with E-state index in [9.17, 15) is 9.18 Å². The van der Waals surface area contributed by atoms with Crippen molar-refractivity contribution in [3.8, 4) is 11.1 Å². The number of aliphatic carboxylic acids is 1. The van der Waals surface area contributed by atoms with E-state index in [1.54, 1.807) is 12.1 Å². The second kappa shape index (κ2) is 10.2. The van der Waals surface area contributed by atoms with Crippen LogP contribution in [0.2, 0.25) is 0 Å². The Morgan fingerprint density at radius 3 is 2.42 bits per heavy atom. The van der Waals surface area contributed by atoms with Gasteiger partial charge in [-0.3, -0.25) is 10.1 Å². The van der Waals surface area contributed by atoms with Crippen LogP contribution in [0.3, 0.4) is 0 Å². The molecule has 3 rings (SSSR count). The Kier molecular flexibility index (Phi) is 7.34. The topological polar surface area (TPSA) is 69.6 Å². The van der Waals surface area contributed by atoms with Gasteiger partial charge in [0.1, 0.15) is 11.9 Å². The minimum absolute atomic E-state index is 0.245. The lowest BCUT2D eigenvalue weighted by Gasteiger charge is -2.13. The summed E-state index contributed by atoms with van der Waals surface area (Å²) in [5.74, 6) is -1.33. The maximum Gasteiger partial charge on any atom is 0.323 e. The van der Waals surface area contributed by atoms with Gasteiger partial charge in [-0.1, -0.05) is 66.7 Å². The summed E-state index contributed by atoms with van der Waals surface area (Å²) in [6, 6.07) is 17.5. The molecule has 3 aromatic carbocycles. The van der Waals surface area contributed by atoms with Crippen LogP contribution in [0.1, 0.15) is 27.8 Å². The van der Waals surface area contributed by atoms with Crippen molar-refractivity contribution in [2.75, 3.05) is 6.61 Å². The summed E-state index contributed by atoms with van der Waals surface area (Å²) >= 11 is 0. The van der Waals surface area contributed by atoms with E-state index in [-0.39, 0.29) is 5.82 Å². The molecule has 5 heteroatoms. The highest BCUT2D eigenvalue weighted by Crippen LogP contribution is 2.29. The van der Waals surface area contributed by atoms with E-state index in [2.05, 4.69) is 5.32 Å². The second-order valence-electron chi connectivity index (χ2n) is 7.48. The van der Waals surface area contributed by atoms with E-state index in [4.69, 9.17) is 10.2 Å². The smallest absolute Gasteiger partial charge is 0.323 e. The fourth-order valence-corrected chi connectivity index (χ4v) is 3.44. The van der Waals surface area contributed by atoms with E-state index in [1.165, 1.54) is 6.07 Å². The number of hydrogen-bond donors (Lipinski definition) is 3. The molecule has 0 aliphatic carbocycles. The van der Waals surface area contributed by atoms with Crippen molar-refractivity contribution in [1.82, 2.24) is 5.32 Å². The summed E-state index contributed by atoms with van der Waals surface area (Å²) < 4.78 is 14.3. The molecule has 31 heavy (non-hydrogen) atoms. The predicted molar refractivity (Wildman–Crippen MR) is 122 cm³/mol.